The summed E-state index contributed by atoms with van der Waals surface area (Å²) in [6.45, 7) is 4.20. The van der Waals surface area contributed by atoms with Gasteiger partial charge < -0.3 is 5.32 Å². The van der Waals surface area contributed by atoms with E-state index in [1.54, 1.807) is 23.9 Å². The van der Waals surface area contributed by atoms with Crippen LogP contribution in [0, 0.1) is 19.7 Å². The monoisotopic (exact) mass is 365 g/mol. The van der Waals surface area contributed by atoms with Gasteiger partial charge in [0.15, 0.2) is 0 Å². The van der Waals surface area contributed by atoms with Crippen molar-refractivity contribution in [3.63, 3.8) is 0 Å². The van der Waals surface area contributed by atoms with E-state index < -0.39 is 0 Å². The fraction of sp³-hybridized carbons (Fsp3) is 0.294. The molecule has 1 aliphatic rings. The molecule has 2 aromatic carbocycles. The first-order chi connectivity index (χ1) is 10.1. The molecule has 1 atom stereocenters. The number of benzene rings is 2. The fourth-order valence-corrected chi connectivity index (χ4v) is 4.68. The van der Waals surface area contributed by atoms with Crippen molar-refractivity contribution in [2.75, 3.05) is 11.1 Å². The second kappa shape index (κ2) is 6.01. The van der Waals surface area contributed by atoms with Gasteiger partial charge in [0.1, 0.15) is 5.82 Å². The van der Waals surface area contributed by atoms with Gasteiger partial charge >= 0.3 is 0 Å². The van der Waals surface area contributed by atoms with Gasteiger partial charge in [-0.2, -0.15) is 0 Å². The van der Waals surface area contributed by atoms with Crippen LogP contribution in [0.2, 0.25) is 0 Å². The minimum Gasteiger partial charge on any atom is -0.378 e. The van der Waals surface area contributed by atoms with E-state index in [0.717, 1.165) is 32.8 Å². The van der Waals surface area contributed by atoms with Crippen molar-refractivity contribution >= 4 is 33.4 Å². The molecule has 3 rings (SSSR count). The minimum absolute atomic E-state index is 0.103. The van der Waals surface area contributed by atoms with E-state index in [1.807, 2.05) is 6.07 Å². The van der Waals surface area contributed by atoms with Crippen LogP contribution in [0.1, 0.15) is 29.2 Å². The Morgan fingerprint density at radius 1 is 1.24 bits per heavy atom. The van der Waals surface area contributed by atoms with Crippen LogP contribution < -0.4 is 5.32 Å². The van der Waals surface area contributed by atoms with Gasteiger partial charge in [0.25, 0.3) is 0 Å². The fourth-order valence-electron chi connectivity index (χ4n) is 2.85. The van der Waals surface area contributed by atoms with Crippen molar-refractivity contribution in [1.82, 2.24) is 0 Å². The lowest BCUT2D eigenvalue weighted by molar-refractivity contribution is 0.585. The molecule has 0 spiro atoms. The number of aryl methyl sites for hydroxylation is 2. The highest BCUT2D eigenvalue weighted by molar-refractivity contribution is 9.10. The van der Waals surface area contributed by atoms with Crippen molar-refractivity contribution in [2.45, 2.75) is 31.2 Å². The summed E-state index contributed by atoms with van der Waals surface area (Å²) in [7, 11) is 0. The van der Waals surface area contributed by atoms with Crippen LogP contribution in [-0.2, 0) is 0 Å². The Kier molecular flexibility index (Phi) is 4.27. The van der Waals surface area contributed by atoms with E-state index in [4.69, 9.17) is 0 Å². The third-order valence-electron chi connectivity index (χ3n) is 3.84. The Hall–Kier alpha value is -1.00. The van der Waals surface area contributed by atoms with E-state index >= 15 is 0 Å². The molecule has 1 unspecified atom stereocenters. The van der Waals surface area contributed by atoms with Crippen LogP contribution in [0.25, 0.3) is 0 Å². The summed E-state index contributed by atoms with van der Waals surface area (Å²) in [5, 5.41) is 3.63. The van der Waals surface area contributed by atoms with Gasteiger partial charge in [-0.25, -0.2) is 4.39 Å². The molecule has 0 fully saturated rings. The summed E-state index contributed by atoms with van der Waals surface area (Å²) in [4.78, 5) is 0.800. The third kappa shape index (κ3) is 2.97. The first kappa shape index (κ1) is 14.9. The van der Waals surface area contributed by atoms with E-state index in [1.165, 1.54) is 11.1 Å². The first-order valence-corrected chi connectivity index (χ1v) is 8.78. The molecule has 1 aliphatic heterocycles. The van der Waals surface area contributed by atoms with E-state index in [2.05, 4.69) is 47.2 Å². The largest absolute Gasteiger partial charge is 0.378 e. The van der Waals surface area contributed by atoms with Crippen LogP contribution >= 0.6 is 27.7 Å². The number of rotatable bonds is 2. The van der Waals surface area contributed by atoms with E-state index in [9.17, 15) is 4.39 Å². The van der Waals surface area contributed by atoms with E-state index in [0.29, 0.717) is 0 Å². The molecule has 0 aliphatic carbocycles. The maximum atomic E-state index is 13.9. The summed E-state index contributed by atoms with van der Waals surface area (Å²) in [6, 6.07) is 9.78. The van der Waals surface area contributed by atoms with Crippen molar-refractivity contribution in [3.05, 3.63) is 57.3 Å². The van der Waals surface area contributed by atoms with Crippen LogP contribution in [0.4, 0.5) is 10.1 Å². The highest BCUT2D eigenvalue weighted by Gasteiger charge is 2.23. The average molecular weight is 366 g/mol. The molecule has 0 radical (unpaired) electrons. The summed E-state index contributed by atoms with van der Waals surface area (Å²) < 4.78 is 15.0. The van der Waals surface area contributed by atoms with Gasteiger partial charge in [-0.3, -0.25) is 0 Å². The van der Waals surface area contributed by atoms with Gasteiger partial charge in [0, 0.05) is 20.8 Å². The molecule has 1 N–H and O–H groups in total. The summed E-state index contributed by atoms with van der Waals surface area (Å²) in [6.07, 6.45) is 1.01. The molecule has 1 nitrogen and oxygen atoms in total. The molecule has 0 aromatic heterocycles. The summed E-state index contributed by atoms with van der Waals surface area (Å²) in [5.74, 6) is 0.841. The number of anilines is 1. The molecular formula is C17H17BrFNS. The smallest absolute Gasteiger partial charge is 0.137 e. The highest BCUT2D eigenvalue weighted by atomic mass is 79.9. The molecule has 0 saturated carbocycles. The molecule has 4 heteroatoms. The molecule has 2 aromatic rings. The number of halogens is 2. The molecule has 110 valence electrons. The van der Waals surface area contributed by atoms with Crippen LogP contribution in [0.5, 0.6) is 0 Å². The maximum Gasteiger partial charge on any atom is 0.137 e. The normalized spacial score (nSPS) is 17.4. The number of nitrogens with one attached hydrogen (secondary N) is 1. The number of fused-ring (bicyclic) bond motifs is 1. The lowest BCUT2D eigenvalue weighted by Gasteiger charge is -2.28. The third-order valence-corrected chi connectivity index (χ3v) is 5.46. The van der Waals surface area contributed by atoms with Crippen LogP contribution in [-0.4, -0.2) is 5.75 Å². The second-order valence-corrected chi connectivity index (χ2v) is 7.43. The van der Waals surface area contributed by atoms with Gasteiger partial charge in [0.05, 0.1) is 6.04 Å². The predicted molar refractivity (Wildman–Crippen MR) is 91.7 cm³/mol. The Bertz CT molecular complexity index is 663. The zero-order valence-electron chi connectivity index (χ0n) is 12.0. The zero-order chi connectivity index (χ0) is 15.0. The first-order valence-electron chi connectivity index (χ1n) is 7.01. The lowest BCUT2D eigenvalue weighted by Crippen LogP contribution is -2.18. The Morgan fingerprint density at radius 2 is 1.95 bits per heavy atom. The summed E-state index contributed by atoms with van der Waals surface area (Å²) >= 11 is 5.14. The van der Waals surface area contributed by atoms with Gasteiger partial charge in [-0.1, -0.05) is 28.1 Å². The number of hydrogen-bond donors (Lipinski definition) is 1. The van der Waals surface area contributed by atoms with Crippen molar-refractivity contribution in [3.8, 4) is 0 Å². The van der Waals surface area contributed by atoms with E-state index in [-0.39, 0.29) is 11.9 Å². The standard InChI is InChI=1S/C17H17BrFNS/c1-10-8-12(18)9-11(2)16(10)20-15-6-7-21-17-13(15)4-3-5-14(17)19/h3-5,8-9,15,20H,6-7H2,1-2H3. The molecule has 0 saturated heterocycles. The van der Waals surface area contributed by atoms with Crippen molar-refractivity contribution in [2.24, 2.45) is 0 Å². The molecule has 1 heterocycles. The van der Waals surface area contributed by atoms with Gasteiger partial charge in [0.2, 0.25) is 0 Å². The van der Waals surface area contributed by atoms with Gasteiger partial charge in [-0.05, 0) is 55.2 Å². The van der Waals surface area contributed by atoms with Crippen LogP contribution in [0.15, 0.2) is 39.7 Å². The summed E-state index contributed by atoms with van der Waals surface area (Å²) in [5.41, 5.74) is 4.65. The van der Waals surface area contributed by atoms with Crippen LogP contribution in [0.3, 0.4) is 0 Å². The Labute approximate surface area is 137 Å². The molecule has 21 heavy (non-hydrogen) atoms. The molecule has 0 bridgehead atoms. The predicted octanol–water partition coefficient (Wildman–Crippen LogP) is 5.85. The second-order valence-electron chi connectivity index (χ2n) is 5.41. The number of hydrogen-bond acceptors (Lipinski definition) is 2. The Morgan fingerprint density at radius 3 is 2.67 bits per heavy atom. The average Bonchev–Trinajstić information content (AvgIpc) is 2.43. The molecule has 0 amide bonds. The molecular weight excluding hydrogens is 349 g/mol. The topological polar surface area (TPSA) is 12.0 Å². The maximum absolute atomic E-state index is 13.9. The quantitative estimate of drug-likeness (QED) is 0.715. The number of thioether (sulfide) groups is 1. The zero-order valence-corrected chi connectivity index (χ0v) is 14.4. The van der Waals surface area contributed by atoms with Crippen molar-refractivity contribution < 1.29 is 4.39 Å². The van der Waals surface area contributed by atoms with Crippen molar-refractivity contribution in [1.29, 1.82) is 0 Å². The SMILES string of the molecule is Cc1cc(Br)cc(C)c1NC1CCSc2c(F)cccc21. The minimum atomic E-state index is -0.103. The van der Waals surface area contributed by atoms with Gasteiger partial charge in [-0.15, -0.1) is 11.8 Å². The highest BCUT2D eigenvalue weighted by Crippen LogP contribution is 2.40. The lowest BCUT2D eigenvalue weighted by atomic mass is 10.0. The Balaban J connectivity index is 1.96.